The lowest BCUT2D eigenvalue weighted by molar-refractivity contribution is -0.137. The molecule has 28 heavy (non-hydrogen) atoms. The summed E-state index contributed by atoms with van der Waals surface area (Å²) < 4.78 is 45.9. The number of ether oxygens (including phenoxy) is 1. The van der Waals surface area contributed by atoms with Crippen LogP contribution in [-0.4, -0.2) is 74.6 Å². The van der Waals surface area contributed by atoms with Gasteiger partial charge in [0.25, 0.3) is 0 Å². The van der Waals surface area contributed by atoms with E-state index in [1.807, 2.05) is 14.1 Å². The minimum absolute atomic E-state index is 0.125. The highest BCUT2D eigenvalue weighted by Gasteiger charge is 2.36. The van der Waals surface area contributed by atoms with Gasteiger partial charge < -0.3 is 19.9 Å². The first-order valence-electron chi connectivity index (χ1n) is 8.91. The Balaban J connectivity index is 2.34. The first-order chi connectivity index (χ1) is 13.3. The summed E-state index contributed by atoms with van der Waals surface area (Å²) >= 11 is 0. The third-order valence-corrected chi connectivity index (χ3v) is 4.35. The zero-order valence-corrected chi connectivity index (χ0v) is 16.6. The molecule has 0 aliphatic rings. The molecule has 0 unspecified atom stereocenters. The van der Waals surface area contributed by atoms with E-state index in [9.17, 15) is 13.2 Å². The molecule has 2 heterocycles. The van der Waals surface area contributed by atoms with Crippen molar-refractivity contribution in [2.24, 2.45) is 0 Å². The Bertz CT molecular complexity index is 749. The van der Waals surface area contributed by atoms with Gasteiger partial charge in [-0.15, -0.1) is 0 Å². The Labute approximate surface area is 162 Å². The molecule has 0 aromatic carbocycles. The number of nitrogens with zero attached hydrogens (tertiary/aromatic N) is 4. The van der Waals surface area contributed by atoms with Gasteiger partial charge in [-0.1, -0.05) is 0 Å². The lowest BCUT2D eigenvalue weighted by Crippen LogP contribution is -2.27. The number of aromatic nitrogens is 3. The van der Waals surface area contributed by atoms with E-state index in [0.29, 0.717) is 31.0 Å². The molecule has 0 aliphatic heterocycles. The van der Waals surface area contributed by atoms with E-state index in [-0.39, 0.29) is 5.82 Å². The molecule has 7 nitrogen and oxygen atoms in total. The van der Waals surface area contributed by atoms with Crippen LogP contribution in [0.3, 0.4) is 0 Å². The van der Waals surface area contributed by atoms with E-state index in [2.05, 4.69) is 25.4 Å². The Morgan fingerprint density at radius 3 is 2.61 bits per heavy atom. The minimum Gasteiger partial charge on any atom is -0.383 e. The van der Waals surface area contributed by atoms with Crippen LogP contribution in [-0.2, 0) is 17.5 Å². The van der Waals surface area contributed by atoms with Crippen molar-refractivity contribution in [2.45, 2.75) is 12.7 Å². The topological polar surface area (TPSA) is 69.3 Å². The molecule has 2 N–H and O–H groups in total. The van der Waals surface area contributed by atoms with Crippen molar-refractivity contribution in [2.75, 3.05) is 59.4 Å². The van der Waals surface area contributed by atoms with Crippen molar-refractivity contribution in [1.82, 2.24) is 25.4 Å². The Morgan fingerprint density at radius 2 is 1.96 bits per heavy atom. The molecule has 0 spiro atoms. The zero-order valence-electron chi connectivity index (χ0n) is 16.6. The maximum Gasteiger partial charge on any atom is 0.419 e. The first kappa shape index (κ1) is 22.1. The number of rotatable bonds is 10. The summed E-state index contributed by atoms with van der Waals surface area (Å²) in [4.78, 5) is 7.61. The molecule has 156 valence electrons. The summed E-state index contributed by atoms with van der Waals surface area (Å²) in [6, 6.07) is 1.12. The number of halogens is 3. The average Bonchev–Trinajstić information content (AvgIpc) is 3.11. The molecular weight excluding hydrogens is 373 g/mol. The average molecular weight is 400 g/mol. The molecule has 2 aromatic heterocycles. The highest BCUT2D eigenvalue weighted by atomic mass is 19.4. The molecule has 0 saturated carbocycles. The second kappa shape index (κ2) is 9.85. The van der Waals surface area contributed by atoms with Gasteiger partial charge in [0.05, 0.1) is 24.1 Å². The number of aromatic amines is 1. The van der Waals surface area contributed by atoms with Crippen LogP contribution in [0.15, 0.2) is 18.5 Å². The molecule has 0 saturated heterocycles. The van der Waals surface area contributed by atoms with Crippen molar-refractivity contribution in [3.8, 4) is 11.3 Å². The highest BCUT2D eigenvalue weighted by Crippen LogP contribution is 2.37. The number of anilines is 1. The second-order valence-corrected chi connectivity index (χ2v) is 6.62. The molecular formula is C18H27F3N6O. The van der Waals surface area contributed by atoms with Crippen molar-refractivity contribution < 1.29 is 17.9 Å². The van der Waals surface area contributed by atoms with Gasteiger partial charge in [0.1, 0.15) is 5.82 Å². The SMILES string of the molecule is CNCCN(C)Cc1cn[nH]c1-c1cnc(N(C)CCOC)c(C(F)(F)F)c1. The van der Waals surface area contributed by atoms with Gasteiger partial charge in [0, 0.05) is 57.7 Å². The standard InChI is InChI=1S/C18H27F3N6O/c1-22-5-6-26(2)12-14-11-24-25-16(14)13-9-15(18(19,20)21)17(23-10-13)27(3)7-8-28-4/h9-11,22H,5-8,12H2,1-4H3,(H,24,25). The molecule has 0 bridgehead atoms. The van der Waals surface area contributed by atoms with Gasteiger partial charge in [-0.3, -0.25) is 5.10 Å². The van der Waals surface area contributed by atoms with E-state index in [1.54, 1.807) is 13.2 Å². The fraction of sp³-hybridized carbons (Fsp3) is 0.556. The van der Waals surface area contributed by atoms with Crippen molar-refractivity contribution in [3.63, 3.8) is 0 Å². The van der Waals surface area contributed by atoms with Crippen LogP contribution >= 0.6 is 0 Å². The quantitative estimate of drug-likeness (QED) is 0.638. The number of H-pyrrole nitrogens is 1. The predicted octanol–water partition coefficient (Wildman–Crippen LogP) is 2.22. The maximum atomic E-state index is 13.7. The molecule has 0 atom stereocenters. The van der Waals surface area contributed by atoms with Gasteiger partial charge in [0.15, 0.2) is 0 Å². The Morgan fingerprint density at radius 1 is 1.21 bits per heavy atom. The van der Waals surface area contributed by atoms with E-state index in [1.165, 1.54) is 18.2 Å². The summed E-state index contributed by atoms with van der Waals surface area (Å²) in [6.45, 7) is 2.78. The third kappa shape index (κ3) is 5.66. The normalized spacial score (nSPS) is 12.0. The molecule has 0 aliphatic carbocycles. The fourth-order valence-electron chi connectivity index (χ4n) is 2.79. The van der Waals surface area contributed by atoms with E-state index >= 15 is 0 Å². The minimum atomic E-state index is -4.52. The van der Waals surface area contributed by atoms with Crippen LogP contribution in [0.1, 0.15) is 11.1 Å². The van der Waals surface area contributed by atoms with Gasteiger partial charge in [-0.05, 0) is 20.2 Å². The van der Waals surface area contributed by atoms with Crippen molar-refractivity contribution in [1.29, 1.82) is 0 Å². The van der Waals surface area contributed by atoms with E-state index < -0.39 is 11.7 Å². The van der Waals surface area contributed by atoms with Crippen LogP contribution in [0.4, 0.5) is 19.0 Å². The summed E-state index contributed by atoms with van der Waals surface area (Å²) in [5, 5.41) is 9.90. The van der Waals surface area contributed by atoms with Crippen molar-refractivity contribution >= 4 is 5.82 Å². The number of hydrogen-bond donors (Lipinski definition) is 2. The predicted molar refractivity (Wildman–Crippen MR) is 102 cm³/mol. The number of pyridine rings is 1. The Hall–Kier alpha value is -2.17. The number of likely N-dealkylation sites (N-methyl/N-ethyl adjacent to an activating group) is 3. The van der Waals surface area contributed by atoms with Crippen LogP contribution in [0.25, 0.3) is 11.3 Å². The van der Waals surface area contributed by atoms with Gasteiger partial charge >= 0.3 is 6.18 Å². The lowest BCUT2D eigenvalue weighted by Gasteiger charge is -2.22. The highest BCUT2D eigenvalue weighted by molar-refractivity contribution is 5.66. The summed E-state index contributed by atoms with van der Waals surface area (Å²) in [7, 11) is 6.88. The van der Waals surface area contributed by atoms with E-state index in [0.717, 1.165) is 24.7 Å². The van der Waals surface area contributed by atoms with Gasteiger partial charge in [-0.25, -0.2) is 4.98 Å². The largest absolute Gasteiger partial charge is 0.419 e. The van der Waals surface area contributed by atoms with Crippen LogP contribution in [0.2, 0.25) is 0 Å². The second-order valence-electron chi connectivity index (χ2n) is 6.62. The van der Waals surface area contributed by atoms with Crippen molar-refractivity contribution in [3.05, 3.63) is 29.6 Å². The summed E-state index contributed by atoms with van der Waals surface area (Å²) in [5.41, 5.74) is 0.924. The smallest absolute Gasteiger partial charge is 0.383 e. The lowest BCUT2D eigenvalue weighted by atomic mass is 10.1. The third-order valence-electron chi connectivity index (χ3n) is 4.35. The molecule has 2 rings (SSSR count). The summed E-state index contributed by atoms with van der Waals surface area (Å²) in [6.07, 6.45) is -1.45. The molecule has 0 fully saturated rings. The number of hydrogen-bond acceptors (Lipinski definition) is 6. The number of nitrogens with one attached hydrogen (secondary N) is 2. The molecule has 10 heteroatoms. The van der Waals surface area contributed by atoms with Crippen LogP contribution < -0.4 is 10.2 Å². The summed E-state index contributed by atoms with van der Waals surface area (Å²) in [5.74, 6) is -0.125. The number of alkyl halides is 3. The van der Waals surface area contributed by atoms with Crippen LogP contribution in [0, 0.1) is 0 Å². The maximum absolute atomic E-state index is 13.7. The Kier molecular flexibility index (Phi) is 7.78. The first-order valence-corrected chi connectivity index (χ1v) is 8.91. The number of methoxy groups -OCH3 is 1. The van der Waals surface area contributed by atoms with Gasteiger partial charge in [-0.2, -0.15) is 18.3 Å². The molecule has 2 aromatic rings. The van der Waals surface area contributed by atoms with E-state index in [4.69, 9.17) is 4.74 Å². The van der Waals surface area contributed by atoms with Gasteiger partial charge in [0.2, 0.25) is 0 Å². The van der Waals surface area contributed by atoms with Crippen LogP contribution in [0.5, 0.6) is 0 Å². The zero-order chi connectivity index (χ0) is 20.7. The molecule has 0 radical (unpaired) electrons. The molecule has 0 amide bonds. The fourth-order valence-corrected chi connectivity index (χ4v) is 2.79. The monoisotopic (exact) mass is 400 g/mol.